The molecule has 1 aliphatic heterocycles. The smallest absolute Gasteiger partial charge is 0.232 e. The van der Waals surface area contributed by atoms with Gasteiger partial charge in [0.1, 0.15) is 5.75 Å². The monoisotopic (exact) mass is 284 g/mol. The summed E-state index contributed by atoms with van der Waals surface area (Å²) in [6.07, 6.45) is 4.03. The number of phenolic OH excluding ortho intramolecular Hbond substituents is 1. The van der Waals surface area contributed by atoms with Gasteiger partial charge < -0.3 is 10.4 Å². The first-order valence-electron chi connectivity index (χ1n) is 6.58. The number of nitrogens with one attached hydrogen (secondary N) is 2. The first-order valence-corrected chi connectivity index (χ1v) is 8.23. The van der Waals surface area contributed by atoms with Crippen LogP contribution < -0.4 is 10.0 Å². The number of piperidine rings is 1. The van der Waals surface area contributed by atoms with Gasteiger partial charge in [0.2, 0.25) is 10.0 Å². The largest absolute Gasteiger partial charge is 0.508 e. The second kappa shape index (κ2) is 6.25. The van der Waals surface area contributed by atoms with Gasteiger partial charge in [0, 0.05) is 11.7 Å². The molecule has 0 amide bonds. The van der Waals surface area contributed by atoms with Crippen LogP contribution in [0.1, 0.15) is 25.7 Å². The molecule has 0 radical (unpaired) electrons. The number of rotatable bonds is 5. The van der Waals surface area contributed by atoms with Crippen LogP contribution >= 0.6 is 0 Å². The highest BCUT2D eigenvalue weighted by Gasteiger charge is 2.17. The van der Waals surface area contributed by atoms with Crippen LogP contribution in [0.2, 0.25) is 0 Å². The summed E-state index contributed by atoms with van der Waals surface area (Å²) in [4.78, 5) is 0. The zero-order chi connectivity index (χ0) is 13.7. The van der Waals surface area contributed by atoms with Crippen molar-refractivity contribution in [1.82, 2.24) is 5.32 Å². The Kier molecular flexibility index (Phi) is 4.66. The highest BCUT2D eigenvalue weighted by molar-refractivity contribution is 7.92. The first-order chi connectivity index (χ1) is 9.05. The van der Waals surface area contributed by atoms with E-state index >= 15 is 0 Å². The Bertz CT molecular complexity index is 493. The second-order valence-electron chi connectivity index (χ2n) is 4.90. The van der Waals surface area contributed by atoms with E-state index in [1.807, 2.05) is 0 Å². The third-order valence-electron chi connectivity index (χ3n) is 3.29. The lowest BCUT2D eigenvalue weighted by molar-refractivity contribution is 0.393. The van der Waals surface area contributed by atoms with Crippen LogP contribution in [0.3, 0.4) is 0 Å². The molecule has 1 aromatic carbocycles. The van der Waals surface area contributed by atoms with Crippen LogP contribution in [0.15, 0.2) is 24.3 Å². The van der Waals surface area contributed by atoms with Gasteiger partial charge in [-0.1, -0.05) is 6.42 Å². The average molecular weight is 284 g/mol. The number of aromatic hydroxyl groups is 1. The summed E-state index contributed by atoms with van der Waals surface area (Å²) in [6.45, 7) is 0.982. The summed E-state index contributed by atoms with van der Waals surface area (Å²) in [5.74, 6) is 0.236. The van der Waals surface area contributed by atoms with Crippen LogP contribution in [-0.2, 0) is 10.0 Å². The fourth-order valence-corrected chi connectivity index (χ4v) is 3.42. The fourth-order valence-electron chi connectivity index (χ4n) is 2.23. The summed E-state index contributed by atoms with van der Waals surface area (Å²) in [5.41, 5.74) is 0.481. The summed E-state index contributed by atoms with van der Waals surface area (Å²) in [7, 11) is -3.32. The van der Waals surface area contributed by atoms with E-state index in [0.29, 0.717) is 18.2 Å². The van der Waals surface area contributed by atoms with E-state index in [2.05, 4.69) is 10.0 Å². The lowest BCUT2D eigenvalue weighted by atomic mass is 10.0. The fraction of sp³-hybridized carbons (Fsp3) is 0.538. The highest BCUT2D eigenvalue weighted by Crippen LogP contribution is 2.16. The van der Waals surface area contributed by atoms with Crippen LogP contribution in [0.5, 0.6) is 5.75 Å². The van der Waals surface area contributed by atoms with Gasteiger partial charge in [-0.3, -0.25) is 4.72 Å². The number of anilines is 1. The molecule has 19 heavy (non-hydrogen) atoms. The Morgan fingerprint density at radius 3 is 2.63 bits per heavy atom. The van der Waals surface area contributed by atoms with E-state index < -0.39 is 10.0 Å². The van der Waals surface area contributed by atoms with Gasteiger partial charge in [0.25, 0.3) is 0 Å². The van der Waals surface area contributed by atoms with Gasteiger partial charge in [0.05, 0.1) is 5.75 Å². The van der Waals surface area contributed by atoms with Crippen molar-refractivity contribution in [3.05, 3.63) is 24.3 Å². The number of benzene rings is 1. The molecule has 6 heteroatoms. The van der Waals surface area contributed by atoms with Gasteiger partial charge in [-0.05, 0) is 50.1 Å². The van der Waals surface area contributed by atoms with Crippen LogP contribution in [0.25, 0.3) is 0 Å². The zero-order valence-corrected chi connectivity index (χ0v) is 11.6. The van der Waals surface area contributed by atoms with Crippen molar-refractivity contribution in [2.75, 3.05) is 17.0 Å². The Balaban J connectivity index is 1.85. The molecule has 5 nitrogen and oxygen atoms in total. The standard InChI is InChI=1S/C13H20N2O3S/c16-13-6-4-12(5-7-13)15-19(17,18)10-8-11-3-1-2-9-14-11/h4-7,11,14-16H,1-3,8-10H2. The lowest BCUT2D eigenvalue weighted by Crippen LogP contribution is -2.36. The molecule has 1 aromatic rings. The maximum Gasteiger partial charge on any atom is 0.232 e. The van der Waals surface area contributed by atoms with E-state index in [9.17, 15) is 8.42 Å². The third kappa shape index (κ3) is 4.72. The average Bonchev–Trinajstić information content (AvgIpc) is 2.40. The van der Waals surface area contributed by atoms with Gasteiger partial charge >= 0.3 is 0 Å². The van der Waals surface area contributed by atoms with Crippen LogP contribution in [0.4, 0.5) is 5.69 Å². The molecule has 1 fully saturated rings. The minimum Gasteiger partial charge on any atom is -0.508 e. The second-order valence-corrected chi connectivity index (χ2v) is 6.75. The molecule has 1 saturated heterocycles. The molecule has 0 aliphatic carbocycles. The van der Waals surface area contributed by atoms with E-state index in [-0.39, 0.29) is 11.5 Å². The van der Waals surface area contributed by atoms with E-state index in [1.54, 1.807) is 12.1 Å². The number of hydrogen-bond acceptors (Lipinski definition) is 4. The summed E-state index contributed by atoms with van der Waals surface area (Å²) in [5, 5.41) is 12.5. The Labute approximate surface area is 114 Å². The molecule has 3 N–H and O–H groups in total. The van der Waals surface area contributed by atoms with Crippen molar-refractivity contribution >= 4 is 15.7 Å². The van der Waals surface area contributed by atoms with Gasteiger partial charge in [0.15, 0.2) is 0 Å². The molecular formula is C13H20N2O3S. The molecule has 1 aliphatic rings. The Morgan fingerprint density at radius 2 is 2.00 bits per heavy atom. The van der Waals surface area contributed by atoms with Gasteiger partial charge in [-0.2, -0.15) is 0 Å². The highest BCUT2D eigenvalue weighted by atomic mass is 32.2. The zero-order valence-electron chi connectivity index (χ0n) is 10.8. The molecule has 1 heterocycles. The van der Waals surface area contributed by atoms with E-state index in [0.717, 1.165) is 13.0 Å². The summed E-state index contributed by atoms with van der Waals surface area (Å²) < 4.78 is 26.4. The number of phenols is 1. The molecule has 0 aromatic heterocycles. The Hall–Kier alpha value is -1.27. The topological polar surface area (TPSA) is 78.4 Å². The molecular weight excluding hydrogens is 264 g/mol. The number of sulfonamides is 1. The maximum atomic E-state index is 11.9. The van der Waals surface area contributed by atoms with Crippen molar-refractivity contribution in [2.45, 2.75) is 31.7 Å². The predicted octanol–water partition coefficient (Wildman–Crippen LogP) is 1.67. The normalized spacial score (nSPS) is 20.1. The summed E-state index contributed by atoms with van der Waals surface area (Å²) in [6, 6.07) is 6.32. The first kappa shape index (κ1) is 14.1. The van der Waals surface area contributed by atoms with Crippen molar-refractivity contribution in [3.8, 4) is 5.75 Å². The molecule has 0 saturated carbocycles. The summed E-state index contributed by atoms with van der Waals surface area (Å²) >= 11 is 0. The number of hydrogen-bond donors (Lipinski definition) is 3. The SMILES string of the molecule is O=S(=O)(CCC1CCCCN1)Nc1ccc(O)cc1. The molecule has 1 atom stereocenters. The quantitative estimate of drug-likeness (QED) is 0.719. The maximum absolute atomic E-state index is 11.9. The van der Waals surface area contributed by atoms with Gasteiger partial charge in [-0.25, -0.2) is 8.42 Å². The van der Waals surface area contributed by atoms with Crippen molar-refractivity contribution in [3.63, 3.8) is 0 Å². The molecule has 106 valence electrons. The van der Waals surface area contributed by atoms with E-state index in [1.165, 1.54) is 25.0 Å². The van der Waals surface area contributed by atoms with Crippen LogP contribution in [0, 0.1) is 0 Å². The van der Waals surface area contributed by atoms with Crippen LogP contribution in [-0.4, -0.2) is 31.9 Å². The minimum atomic E-state index is -3.32. The van der Waals surface area contributed by atoms with Crippen molar-refractivity contribution in [2.24, 2.45) is 0 Å². The lowest BCUT2D eigenvalue weighted by Gasteiger charge is -2.23. The Morgan fingerprint density at radius 1 is 1.26 bits per heavy atom. The molecule has 1 unspecified atom stereocenters. The van der Waals surface area contributed by atoms with Crippen molar-refractivity contribution < 1.29 is 13.5 Å². The third-order valence-corrected chi connectivity index (χ3v) is 4.61. The predicted molar refractivity (Wildman–Crippen MR) is 75.8 cm³/mol. The minimum absolute atomic E-state index is 0.117. The molecule has 0 bridgehead atoms. The molecule has 2 rings (SSSR count). The van der Waals surface area contributed by atoms with Crippen molar-refractivity contribution in [1.29, 1.82) is 0 Å². The van der Waals surface area contributed by atoms with Gasteiger partial charge in [-0.15, -0.1) is 0 Å². The molecule has 0 spiro atoms. The van der Waals surface area contributed by atoms with E-state index in [4.69, 9.17) is 5.11 Å².